The zero-order chi connectivity index (χ0) is 16.9. The Kier molecular flexibility index (Phi) is 5.81. The van der Waals surface area contributed by atoms with Crippen molar-refractivity contribution in [3.05, 3.63) is 34.3 Å². The summed E-state index contributed by atoms with van der Waals surface area (Å²) >= 11 is 6.36. The van der Waals surface area contributed by atoms with Crippen LogP contribution in [0.25, 0.3) is 0 Å². The summed E-state index contributed by atoms with van der Waals surface area (Å²) in [4.78, 5) is 14.9. The van der Waals surface area contributed by atoms with Gasteiger partial charge in [-0.3, -0.25) is 4.79 Å². The molecule has 1 aliphatic carbocycles. The van der Waals surface area contributed by atoms with Crippen molar-refractivity contribution in [2.45, 2.75) is 51.0 Å². The lowest BCUT2D eigenvalue weighted by Crippen LogP contribution is -2.39. The Morgan fingerprint density at radius 1 is 1.21 bits per heavy atom. The Hall–Kier alpha value is -1.50. The van der Waals surface area contributed by atoms with E-state index in [-0.39, 0.29) is 12.5 Å². The first-order valence-corrected chi connectivity index (χ1v) is 9.25. The van der Waals surface area contributed by atoms with Gasteiger partial charge in [0, 0.05) is 29.1 Å². The molecule has 1 N–H and O–H groups in total. The fourth-order valence-electron chi connectivity index (χ4n) is 3.91. The minimum atomic E-state index is -0.160. The van der Waals surface area contributed by atoms with Crippen molar-refractivity contribution < 1.29 is 9.90 Å². The van der Waals surface area contributed by atoms with E-state index in [1.807, 2.05) is 18.2 Å². The van der Waals surface area contributed by atoms with Gasteiger partial charge in [-0.05, 0) is 43.4 Å². The predicted molar refractivity (Wildman–Crippen MR) is 95.8 cm³/mol. The van der Waals surface area contributed by atoms with Gasteiger partial charge >= 0.3 is 0 Å². The number of hydrogen-bond donors (Lipinski definition) is 1. The number of carbonyl (C=O) groups is 1. The molecule has 1 saturated carbocycles. The number of hydrogen-bond acceptors (Lipinski definition) is 2. The molecular weight excluding hydrogens is 322 g/mol. The molecule has 0 aromatic heterocycles. The Labute approximate surface area is 149 Å². The summed E-state index contributed by atoms with van der Waals surface area (Å²) in [5.41, 5.74) is 1.80. The van der Waals surface area contributed by atoms with Gasteiger partial charge in [-0.2, -0.15) is 0 Å². The molecule has 1 amide bonds. The van der Waals surface area contributed by atoms with E-state index in [9.17, 15) is 4.79 Å². The summed E-state index contributed by atoms with van der Waals surface area (Å²) < 4.78 is 0. The van der Waals surface area contributed by atoms with Gasteiger partial charge in [0.05, 0.1) is 0 Å². The minimum absolute atomic E-state index is 0.0544. The topological polar surface area (TPSA) is 40.5 Å². The molecule has 0 spiro atoms. The number of benzene rings is 1. The third-order valence-electron chi connectivity index (χ3n) is 5.20. The van der Waals surface area contributed by atoms with E-state index >= 15 is 0 Å². The number of halogens is 1. The maximum atomic E-state index is 12.8. The first-order valence-electron chi connectivity index (χ1n) is 8.87. The Morgan fingerprint density at radius 2 is 2.00 bits per heavy atom. The second-order valence-electron chi connectivity index (χ2n) is 6.78. The van der Waals surface area contributed by atoms with E-state index in [1.54, 1.807) is 0 Å². The van der Waals surface area contributed by atoms with Crippen LogP contribution in [-0.2, 0) is 11.2 Å². The Morgan fingerprint density at radius 3 is 2.71 bits per heavy atom. The maximum absolute atomic E-state index is 12.8. The highest BCUT2D eigenvalue weighted by Gasteiger charge is 2.36. The van der Waals surface area contributed by atoms with Gasteiger partial charge in [0.1, 0.15) is 6.61 Å². The van der Waals surface area contributed by atoms with Crippen LogP contribution in [0.5, 0.6) is 0 Å². The molecule has 1 aromatic carbocycles. The van der Waals surface area contributed by atoms with Crippen LogP contribution in [0.2, 0.25) is 5.02 Å². The van der Waals surface area contributed by atoms with Crippen LogP contribution in [-0.4, -0.2) is 35.1 Å². The second-order valence-corrected chi connectivity index (χ2v) is 7.19. The standard InChI is InChI=1S/C20H24ClNO2/c21-19-13-15(5-4-12-23)8-9-16(19)14-17-10-11-22(20(17)24)18-6-2-1-3-7-18/h8-9,13,17-18,23H,1-3,6-7,10-12,14H2. The maximum Gasteiger partial charge on any atom is 0.226 e. The van der Waals surface area contributed by atoms with Crippen molar-refractivity contribution in [2.75, 3.05) is 13.2 Å². The van der Waals surface area contributed by atoms with Crippen LogP contribution >= 0.6 is 11.6 Å². The average molecular weight is 346 g/mol. The van der Waals surface area contributed by atoms with Crippen molar-refractivity contribution >= 4 is 17.5 Å². The van der Waals surface area contributed by atoms with Crippen LogP contribution in [0.1, 0.15) is 49.7 Å². The van der Waals surface area contributed by atoms with Crippen molar-refractivity contribution in [2.24, 2.45) is 5.92 Å². The molecule has 1 unspecified atom stereocenters. The molecule has 0 bridgehead atoms. The van der Waals surface area contributed by atoms with E-state index in [1.165, 1.54) is 19.3 Å². The highest BCUT2D eigenvalue weighted by atomic mass is 35.5. The van der Waals surface area contributed by atoms with E-state index in [2.05, 4.69) is 16.7 Å². The van der Waals surface area contributed by atoms with Crippen molar-refractivity contribution in [1.29, 1.82) is 0 Å². The van der Waals surface area contributed by atoms with E-state index in [0.717, 1.165) is 36.9 Å². The fraction of sp³-hybridized carbons (Fsp3) is 0.550. The van der Waals surface area contributed by atoms with Crippen molar-refractivity contribution in [3.8, 4) is 11.8 Å². The van der Waals surface area contributed by atoms with Crippen LogP contribution in [0.4, 0.5) is 0 Å². The number of nitrogens with zero attached hydrogens (tertiary/aromatic N) is 1. The van der Waals surface area contributed by atoms with Gasteiger partial charge < -0.3 is 10.0 Å². The molecule has 1 aliphatic heterocycles. The lowest BCUT2D eigenvalue weighted by atomic mass is 9.94. The summed E-state index contributed by atoms with van der Waals surface area (Å²) in [7, 11) is 0. The molecule has 1 aromatic rings. The molecule has 1 atom stereocenters. The van der Waals surface area contributed by atoms with E-state index in [4.69, 9.17) is 16.7 Å². The first kappa shape index (κ1) is 17.3. The Balaban J connectivity index is 1.65. The molecule has 4 heteroatoms. The summed E-state index contributed by atoms with van der Waals surface area (Å²) in [6, 6.07) is 6.14. The first-order chi connectivity index (χ1) is 11.7. The zero-order valence-corrected chi connectivity index (χ0v) is 14.7. The normalized spacial score (nSPS) is 21.7. The lowest BCUT2D eigenvalue weighted by molar-refractivity contribution is -0.133. The van der Waals surface area contributed by atoms with Crippen LogP contribution in [0.3, 0.4) is 0 Å². The quantitative estimate of drug-likeness (QED) is 0.853. The molecule has 128 valence electrons. The smallest absolute Gasteiger partial charge is 0.226 e. The van der Waals surface area contributed by atoms with Crippen LogP contribution < -0.4 is 0 Å². The second kappa shape index (κ2) is 8.05. The highest BCUT2D eigenvalue weighted by Crippen LogP contribution is 2.31. The monoisotopic (exact) mass is 345 g/mol. The van der Waals surface area contributed by atoms with Gasteiger partial charge in [-0.1, -0.05) is 48.8 Å². The lowest BCUT2D eigenvalue weighted by Gasteiger charge is -2.31. The molecule has 2 fully saturated rings. The van der Waals surface area contributed by atoms with Gasteiger partial charge in [-0.15, -0.1) is 0 Å². The predicted octanol–water partition coefficient (Wildman–Crippen LogP) is 3.41. The third kappa shape index (κ3) is 3.94. The SMILES string of the molecule is O=C1C(Cc2ccc(C#CCO)cc2Cl)CCN1C1CCCCC1. The number of rotatable bonds is 3. The summed E-state index contributed by atoms with van der Waals surface area (Å²) in [5.74, 6) is 5.84. The fourth-order valence-corrected chi connectivity index (χ4v) is 4.16. The number of carbonyl (C=O) groups excluding carboxylic acids is 1. The largest absolute Gasteiger partial charge is 0.384 e. The number of likely N-dealkylation sites (tertiary alicyclic amines) is 1. The Bertz CT molecular complexity index is 655. The molecular formula is C20H24ClNO2. The van der Waals surface area contributed by atoms with Crippen molar-refractivity contribution in [3.63, 3.8) is 0 Å². The van der Waals surface area contributed by atoms with Crippen LogP contribution in [0.15, 0.2) is 18.2 Å². The van der Waals surface area contributed by atoms with Gasteiger partial charge in [0.25, 0.3) is 0 Å². The summed E-state index contributed by atoms with van der Waals surface area (Å²) in [6.07, 6.45) is 7.77. The minimum Gasteiger partial charge on any atom is -0.384 e. The third-order valence-corrected chi connectivity index (χ3v) is 5.55. The molecule has 3 rings (SSSR count). The van der Waals surface area contributed by atoms with Gasteiger partial charge in [0.2, 0.25) is 5.91 Å². The summed E-state index contributed by atoms with van der Waals surface area (Å²) in [5, 5.41) is 9.41. The van der Waals surface area contributed by atoms with Gasteiger partial charge in [0.15, 0.2) is 0 Å². The van der Waals surface area contributed by atoms with Crippen LogP contribution in [0, 0.1) is 17.8 Å². The zero-order valence-electron chi connectivity index (χ0n) is 13.9. The molecule has 24 heavy (non-hydrogen) atoms. The average Bonchev–Trinajstić information content (AvgIpc) is 2.96. The molecule has 1 heterocycles. The number of aliphatic hydroxyl groups excluding tert-OH is 1. The highest BCUT2D eigenvalue weighted by molar-refractivity contribution is 6.31. The molecule has 3 nitrogen and oxygen atoms in total. The van der Waals surface area contributed by atoms with E-state index < -0.39 is 0 Å². The molecule has 1 saturated heterocycles. The molecule has 0 radical (unpaired) electrons. The number of aliphatic hydroxyl groups is 1. The summed E-state index contributed by atoms with van der Waals surface area (Å²) in [6.45, 7) is 0.735. The number of amides is 1. The molecule has 2 aliphatic rings. The van der Waals surface area contributed by atoms with Crippen molar-refractivity contribution in [1.82, 2.24) is 4.90 Å². The van der Waals surface area contributed by atoms with E-state index in [0.29, 0.717) is 23.4 Å². The van der Waals surface area contributed by atoms with Gasteiger partial charge in [-0.25, -0.2) is 0 Å².